The Hall–Kier alpha value is -4.24. The van der Waals surface area contributed by atoms with E-state index in [2.05, 4.69) is 5.32 Å². The second-order valence-electron chi connectivity index (χ2n) is 11.2. The fraction of sp³-hybridized carbons (Fsp3) is 0.206. The first-order valence-electron chi connectivity index (χ1n) is 14.1. The molecule has 0 bridgehead atoms. The minimum Gasteiger partial charge on any atom is -0.481 e. The topological polar surface area (TPSA) is 99.2 Å². The number of rotatable bonds is 10. The number of carbonyl (C=O) groups is 3. The van der Waals surface area contributed by atoms with Crippen molar-refractivity contribution in [3.63, 3.8) is 0 Å². The van der Waals surface area contributed by atoms with Crippen LogP contribution < -0.4 is 15.0 Å². The number of urea groups is 1. The van der Waals surface area contributed by atoms with E-state index in [0.717, 1.165) is 5.56 Å². The number of carboxylic acid groups (broad SMARTS) is 1. The second-order valence-corrected chi connectivity index (χ2v) is 12.5. The summed E-state index contributed by atoms with van der Waals surface area (Å²) in [7, 11) is 0. The number of halogens is 3. The molecule has 1 aliphatic rings. The number of aliphatic carboxylic acids is 1. The molecule has 11 heteroatoms. The van der Waals surface area contributed by atoms with E-state index in [9.17, 15) is 19.5 Å². The van der Waals surface area contributed by atoms with Gasteiger partial charge in [-0.05, 0) is 85.3 Å². The molecule has 5 rings (SSSR count). The maximum atomic E-state index is 13.8. The van der Waals surface area contributed by atoms with Gasteiger partial charge in [-0.3, -0.25) is 14.5 Å². The number of nitrogens with one attached hydrogen (secondary N) is 1. The average molecular weight is 667 g/mol. The van der Waals surface area contributed by atoms with Gasteiger partial charge in [0.15, 0.2) is 0 Å². The third-order valence-electron chi connectivity index (χ3n) is 7.49. The number of hydrogen-bond donors (Lipinski definition) is 2. The van der Waals surface area contributed by atoms with E-state index in [0.29, 0.717) is 43.5 Å². The van der Waals surface area contributed by atoms with Crippen molar-refractivity contribution in [3.8, 4) is 11.5 Å². The van der Waals surface area contributed by atoms with Crippen LogP contribution in [0.5, 0.6) is 11.5 Å². The molecule has 0 aliphatic carbocycles. The Morgan fingerprint density at radius 1 is 0.844 bits per heavy atom. The van der Waals surface area contributed by atoms with Crippen LogP contribution in [0.1, 0.15) is 24.0 Å². The highest BCUT2D eigenvalue weighted by molar-refractivity contribution is 6.35. The van der Waals surface area contributed by atoms with E-state index >= 15 is 0 Å². The monoisotopic (exact) mass is 665 g/mol. The fourth-order valence-electron chi connectivity index (χ4n) is 5.40. The minimum absolute atomic E-state index is 0.0285. The predicted molar refractivity (Wildman–Crippen MR) is 177 cm³/mol. The summed E-state index contributed by atoms with van der Waals surface area (Å²) in [4.78, 5) is 42.6. The number of hydrogen-bond acceptors (Lipinski definition) is 4. The van der Waals surface area contributed by atoms with Gasteiger partial charge in [0, 0.05) is 57.9 Å². The minimum atomic E-state index is -1.12. The SMILES string of the molecule is Cc1ccc(N2CC(CC(=O)O)(CC(=O)Nc3ccc(Oc4ccc(Cl)cc4)cc3)CN(Cc3ccc(Cl)cc3Cl)C2=O)cc1. The van der Waals surface area contributed by atoms with Crippen LogP contribution in [0.2, 0.25) is 15.1 Å². The van der Waals surface area contributed by atoms with Crippen LogP contribution in [-0.4, -0.2) is 41.0 Å². The number of anilines is 2. The summed E-state index contributed by atoms with van der Waals surface area (Å²) in [5.41, 5.74) is 1.65. The van der Waals surface area contributed by atoms with E-state index in [1.807, 2.05) is 31.2 Å². The molecule has 1 saturated heterocycles. The zero-order chi connectivity index (χ0) is 32.1. The van der Waals surface area contributed by atoms with Crippen LogP contribution in [0.15, 0.2) is 91.0 Å². The first-order chi connectivity index (χ1) is 21.5. The van der Waals surface area contributed by atoms with Crippen LogP contribution in [0, 0.1) is 12.3 Å². The Morgan fingerprint density at radius 2 is 1.47 bits per heavy atom. The van der Waals surface area contributed by atoms with Gasteiger partial charge in [-0.1, -0.05) is 58.6 Å². The highest BCUT2D eigenvalue weighted by Gasteiger charge is 2.46. The Bertz CT molecular complexity index is 1700. The van der Waals surface area contributed by atoms with Crippen molar-refractivity contribution in [1.82, 2.24) is 4.90 Å². The largest absolute Gasteiger partial charge is 0.481 e. The molecular weight excluding hydrogens is 637 g/mol. The van der Waals surface area contributed by atoms with Gasteiger partial charge >= 0.3 is 12.0 Å². The summed E-state index contributed by atoms with van der Waals surface area (Å²) in [6.45, 7) is 2.11. The molecule has 232 valence electrons. The molecule has 0 radical (unpaired) electrons. The molecule has 0 spiro atoms. The number of carboxylic acids is 1. The highest BCUT2D eigenvalue weighted by Crippen LogP contribution is 2.38. The molecule has 1 aliphatic heterocycles. The summed E-state index contributed by atoms with van der Waals surface area (Å²) in [5, 5.41) is 14.3. The van der Waals surface area contributed by atoms with Gasteiger partial charge in [-0.15, -0.1) is 0 Å². The lowest BCUT2D eigenvalue weighted by atomic mass is 9.78. The first-order valence-corrected chi connectivity index (χ1v) is 15.2. The zero-order valence-corrected chi connectivity index (χ0v) is 26.6. The molecule has 1 heterocycles. The molecule has 1 unspecified atom stereocenters. The third-order valence-corrected chi connectivity index (χ3v) is 8.33. The van der Waals surface area contributed by atoms with Crippen molar-refractivity contribution in [1.29, 1.82) is 0 Å². The molecule has 4 aromatic rings. The smallest absolute Gasteiger partial charge is 0.324 e. The van der Waals surface area contributed by atoms with E-state index in [1.54, 1.807) is 66.7 Å². The quantitative estimate of drug-likeness (QED) is 0.176. The summed E-state index contributed by atoms with van der Waals surface area (Å²) in [6, 6.07) is 25.8. The van der Waals surface area contributed by atoms with Crippen LogP contribution in [0.3, 0.4) is 0 Å². The molecule has 1 fully saturated rings. The van der Waals surface area contributed by atoms with Crippen molar-refractivity contribution in [3.05, 3.63) is 117 Å². The van der Waals surface area contributed by atoms with Crippen LogP contribution in [0.25, 0.3) is 0 Å². The molecule has 0 aromatic heterocycles. The van der Waals surface area contributed by atoms with Crippen molar-refractivity contribution in [2.75, 3.05) is 23.3 Å². The molecular formula is C34H30Cl3N3O5. The van der Waals surface area contributed by atoms with Gasteiger partial charge in [0.25, 0.3) is 0 Å². The molecule has 3 amide bonds. The Labute approximate surface area is 276 Å². The van der Waals surface area contributed by atoms with E-state index in [1.165, 1.54) is 9.80 Å². The predicted octanol–water partition coefficient (Wildman–Crippen LogP) is 8.68. The lowest BCUT2D eigenvalue weighted by Crippen LogP contribution is -2.59. The first kappa shape index (κ1) is 32.2. The number of benzene rings is 4. The van der Waals surface area contributed by atoms with Crippen molar-refractivity contribution >= 4 is 64.1 Å². The van der Waals surface area contributed by atoms with Crippen molar-refractivity contribution in [2.45, 2.75) is 26.3 Å². The molecule has 0 saturated carbocycles. The zero-order valence-electron chi connectivity index (χ0n) is 24.3. The Balaban J connectivity index is 1.39. The lowest BCUT2D eigenvalue weighted by Gasteiger charge is -2.47. The number of amides is 3. The molecule has 8 nitrogen and oxygen atoms in total. The van der Waals surface area contributed by atoms with Gasteiger partial charge in [0.05, 0.1) is 6.42 Å². The van der Waals surface area contributed by atoms with Crippen molar-refractivity contribution in [2.24, 2.45) is 5.41 Å². The Morgan fingerprint density at radius 3 is 2.09 bits per heavy atom. The van der Waals surface area contributed by atoms with Gasteiger partial charge in [-0.2, -0.15) is 0 Å². The maximum Gasteiger partial charge on any atom is 0.324 e. The maximum absolute atomic E-state index is 13.8. The van der Waals surface area contributed by atoms with Crippen LogP contribution in [0.4, 0.5) is 16.2 Å². The number of ether oxygens (including phenoxy) is 1. The lowest BCUT2D eigenvalue weighted by molar-refractivity contribution is -0.140. The number of carbonyl (C=O) groups excluding carboxylic acids is 2. The average Bonchev–Trinajstić information content (AvgIpc) is 2.98. The van der Waals surface area contributed by atoms with E-state index in [4.69, 9.17) is 39.5 Å². The number of nitrogens with zero attached hydrogens (tertiary/aromatic N) is 2. The summed E-state index contributed by atoms with van der Waals surface area (Å²) in [6.07, 6.45) is -0.488. The van der Waals surface area contributed by atoms with E-state index in [-0.39, 0.29) is 44.4 Å². The normalized spacial score (nSPS) is 16.4. The third kappa shape index (κ3) is 8.28. The summed E-state index contributed by atoms with van der Waals surface area (Å²) >= 11 is 18.5. The van der Waals surface area contributed by atoms with E-state index < -0.39 is 11.4 Å². The molecule has 45 heavy (non-hydrogen) atoms. The van der Waals surface area contributed by atoms with Gasteiger partial charge in [0.2, 0.25) is 5.91 Å². The summed E-state index contributed by atoms with van der Waals surface area (Å²) < 4.78 is 5.83. The van der Waals surface area contributed by atoms with Gasteiger partial charge in [0.1, 0.15) is 11.5 Å². The Kier molecular flexibility index (Phi) is 9.87. The standard InChI is InChI=1S/C34H30Cl3N3O5/c1-22-2-10-27(11-3-22)40-21-34(18-32(42)43,20-39(33(40)44)19-23-4-5-25(36)16-30(23)37)17-31(41)38-26-8-14-29(15-9-26)45-28-12-6-24(35)7-13-28/h2-16H,17-21H2,1H3,(H,38,41)(H,42,43). The highest BCUT2D eigenvalue weighted by atomic mass is 35.5. The molecule has 2 N–H and O–H groups in total. The van der Waals surface area contributed by atoms with Crippen molar-refractivity contribution < 1.29 is 24.2 Å². The van der Waals surface area contributed by atoms with Crippen LogP contribution >= 0.6 is 34.8 Å². The van der Waals surface area contributed by atoms with Gasteiger partial charge in [-0.25, -0.2) is 4.79 Å². The van der Waals surface area contributed by atoms with Gasteiger partial charge < -0.3 is 20.1 Å². The summed E-state index contributed by atoms with van der Waals surface area (Å²) in [5.74, 6) is -0.283. The van der Waals surface area contributed by atoms with Crippen LogP contribution in [-0.2, 0) is 16.1 Å². The molecule has 1 atom stereocenters. The second kappa shape index (κ2) is 13.8. The fourth-order valence-corrected chi connectivity index (χ4v) is 5.99. The number of aryl methyl sites for hydroxylation is 1. The molecule has 4 aromatic carbocycles.